The zero-order valence-electron chi connectivity index (χ0n) is 16.7. The lowest BCUT2D eigenvalue weighted by atomic mass is 10.2. The molecule has 1 N–H and O–H groups in total. The molecule has 0 aliphatic carbocycles. The van der Waals surface area contributed by atoms with E-state index in [0.29, 0.717) is 17.5 Å². The van der Waals surface area contributed by atoms with E-state index in [1.54, 1.807) is 18.7 Å². The summed E-state index contributed by atoms with van der Waals surface area (Å²) in [4.78, 5) is 25.3. The Balaban J connectivity index is 1.45. The zero-order chi connectivity index (χ0) is 21.1. The van der Waals surface area contributed by atoms with Crippen molar-refractivity contribution < 1.29 is 9.21 Å². The number of aromatic nitrogens is 4. The standard InChI is InChI=1S/C22H21N5O3/c1-15-20(22(29)27(26(15)2)17-11-7-4-8-12-17)23-18(28)13-14-19-24-25-21(30-19)16-9-5-3-6-10-16/h3-12H,13-14H2,1-2H3,(H,23,28). The van der Waals surface area contributed by atoms with Gasteiger partial charge in [-0.3, -0.25) is 14.3 Å². The van der Waals surface area contributed by atoms with E-state index in [9.17, 15) is 9.59 Å². The summed E-state index contributed by atoms with van der Waals surface area (Å²) in [6, 6.07) is 18.7. The predicted octanol–water partition coefficient (Wildman–Crippen LogP) is 3.11. The smallest absolute Gasteiger partial charge is 0.295 e. The Kier molecular flexibility index (Phi) is 5.30. The third kappa shape index (κ3) is 3.80. The number of aryl methyl sites for hydroxylation is 1. The molecule has 0 aliphatic heterocycles. The SMILES string of the molecule is Cc1c(NC(=O)CCc2nnc(-c3ccccc3)o2)c(=O)n(-c2ccccc2)n1C. The summed E-state index contributed by atoms with van der Waals surface area (Å²) in [5.41, 5.74) is 2.21. The highest BCUT2D eigenvalue weighted by Gasteiger charge is 2.18. The molecule has 2 aromatic heterocycles. The van der Waals surface area contributed by atoms with E-state index >= 15 is 0 Å². The third-order valence-electron chi connectivity index (χ3n) is 4.87. The van der Waals surface area contributed by atoms with Gasteiger partial charge in [0.05, 0.1) is 11.4 Å². The number of amides is 1. The Morgan fingerprint density at radius 2 is 1.70 bits per heavy atom. The lowest BCUT2D eigenvalue weighted by Crippen LogP contribution is -2.23. The van der Waals surface area contributed by atoms with E-state index in [2.05, 4.69) is 15.5 Å². The number of benzene rings is 2. The van der Waals surface area contributed by atoms with Gasteiger partial charge < -0.3 is 9.73 Å². The van der Waals surface area contributed by atoms with Gasteiger partial charge in [-0.25, -0.2) is 4.68 Å². The van der Waals surface area contributed by atoms with Crippen molar-refractivity contribution >= 4 is 11.6 Å². The fourth-order valence-corrected chi connectivity index (χ4v) is 3.19. The van der Waals surface area contributed by atoms with E-state index in [0.717, 1.165) is 11.3 Å². The highest BCUT2D eigenvalue weighted by atomic mass is 16.4. The van der Waals surface area contributed by atoms with Gasteiger partial charge in [-0.05, 0) is 31.2 Å². The molecule has 0 unspecified atom stereocenters. The first kappa shape index (κ1) is 19.4. The van der Waals surface area contributed by atoms with E-state index < -0.39 is 0 Å². The molecule has 0 bridgehead atoms. The largest absolute Gasteiger partial charge is 0.421 e. The maximum Gasteiger partial charge on any atom is 0.295 e. The first-order valence-corrected chi connectivity index (χ1v) is 9.56. The van der Waals surface area contributed by atoms with Crippen molar-refractivity contribution in [1.29, 1.82) is 0 Å². The average Bonchev–Trinajstić information content (AvgIpc) is 3.33. The fourth-order valence-electron chi connectivity index (χ4n) is 3.19. The minimum atomic E-state index is -0.291. The van der Waals surface area contributed by atoms with Crippen LogP contribution in [0.3, 0.4) is 0 Å². The van der Waals surface area contributed by atoms with Crippen LogP contribution in [0, 0.1) is 6.92 Å². The number of carbonyl (C=O) groups excluding carboxylic acids is 1. The quantitative estimate of drug-likeness (QED) is 0.534. The Morgan fingerprint density at radius 3 is 2.40 bits per heavy atom. The fraction of sp³-hybridized carbons (Fsp3) is 0.182. The molecule has 0 radical (unpaired) electrons. The first-order valence-electron chi connectivity index (χ1n) is 9.56. The highest BCUT2D eigenvalue weighted by Crippen LogP contribution is 2.18. The van der Waals surface area contributed by atoms with Crippen LogP contribution in [0.15, 0.2) is 69.9 Å². The molecule has 8 heteroatoms. The van der Waals surface area contributed by atoms with Gasteiger partial charge >= 0.3 is 0 Å². The Morgan fingerprint density at radius 1 is 1.03 bits per heavy atom. The van der Waals surface area contributed by atoms with Crippen LogP contribution in [-0.2, 0) is 18.3 Å². The van der Waals surface area contributed by atoms with Crippen molar-refractivity contribution in [3.8, 4) is 17.1 Å². The van der Waals surface area contributed by atoms with E-state index in [4.69, 9.17) is 4.42 Å². The maximum absolute atomic E-state index is 12.9. The lowest BCUT2D eigenvalue weighted by molar-refractivity contribution is -0.116. The number of nitrogens with one attached hydrogen (secondary N) is 1. The average molecular weight is 403 g/mol. The van der Waals surface area contributed by atoms with Crippen molar-refractivity contribution in [2.24, 2.45) is 7.05 Å². The van der Waals surface area contributed by atoms with Gasteiger partial charge in [0, 0.05) is 25.5 Å². The molecule has 4 rings (SSSR count). The molecule has 0 spiro atoms. The molecule has 0 atom stereocenters. The lowest BCUT2D eigenvalue weighted by Gasteiger charge is -2.07. The summed E-state index contributed by atoms with van der Waals surface area (Å²) in [5.74, 6) is 0.492. The van der Waals surface area contributed by atoms with Crippen LogP contribution in [0.1, 0.15) is 18.0 Å². The van der Waals surface area contributed by atoms with Crippen molar-refractivity contribution in [2.45, 2.75) is 19.8 Å². The van der Waals surface area contributed by atoms with Crippen LogP contribution < -0.4 is 10.9 Å². The van der Waals surface area contributed by atoms with Crippen LogP contribution in [0.25, 0.3) is 17.1 Å². The van der Waals surface area contributed by atoms with Crippen LogP contribution in [-0.4, -0.2) is 25.5 Å². The van der Waals surface area contributed by atoms with Crippen LogP contribution in [0.2, 0.25) is 0 Å². The second-order valence-electron chi connectivity index (χ2n) is 6.85. The number of hydrogen-bond donors (Lipinski definition) is 1. The topological polar surface area (TPSA) is 95.0 Å². The molecule has 0 fully saturated rings. The van der Waals surface area contributed by atoms with E-state index in [1.807, 2.05) is 60.7 Å². The van der Waals surface area contributed by atoms with Crippen molar-refractivity contribution in [1.82, 2.24) is 19.6 Å². The summed E-state index contributed by atoms with van der Waals surface area (Å²) in [6.07, 6.45) is 0.403. The maximum atomic E-state index is 12.9. The van der Waals surface area contributed by atoms with E-state index in [-0.39, 0.29) is 30.0 Å². The summed E-state index contributed by atoms with van der Waals surface area (Å²) >= 11 is 0. The molecule has 2 heterocycles. The summed E-state index contributed by atoms with van der Waals surface area (Å²) in [5, 5.41) is 10.8. The summed E-state index contributed by atoms with van der Waals surface area (Å²) in [6.45, 7) is 1.79. The van der Waals surface area contributed by atoms with Crippen molar-refractivity contribution in [3.63, 3.8) is 0 Å². The molecule has 0 saturated heterocycles. The summed E-state index contributed by atoms with van der Waals surface area (Å²) < 4.78 is 8.87. The van der Waals surface area contributed by atoms with Crippen molar-refractivity contribution in [3.05, 3.63) is 82.6 Å². The highest BCUT2D eigenvalue weighted by molar-refractivity contribution is 5.91. The molecule has 1 amide bonds. The van der Waals surface area contributed by atoms with Gasteiger partial charge in [0.1, 0.15) is 5.69 Å². The minimum Gasteiger partial charge on any atom is -0.421 e. The van der Waals surface area contributed by atoms with Gasteiger partial charge in [-0.2, -0.15) is 0 Å². The van der Waals surface area contributed by atoms with Crippen LogP contribution in [0.4, 0.5) is 5.69 Å². The Bertz CT molecular complexity index is 1220. The van der Waals surface area contributed by atoms with Crippen LogP contribution >= 0.6 is 0 Å². The third-order valence-corrected chi connectivity index (χ3v) is 4.87. The normalized spacial score (nSPS) is 10.9. The number of nitrogens with zero attached hydrogens (tertiary/aromatic N) is 4. The molecular weight excluding hydrogens is 382 g/mol. The molecular formula is C22H21N5O3. The van der Waals surface area contributed by atoms with Gasteiger partial charge in [-0.15, -0.1) is 10.2 Å². The number of carbonyl (C=O) groups is 1. The molecule has 152 valence electrons. The molecule has 8 nitrogen and oxygen atoms in total. The number of rotatable bonds is 6. The Labute approximate surface area is 172 Å². The van der Waals surface area contributed by atoms with Gasteiger partial charge in [0.2, 0.25) is 17.7 Å². The molecule has 0 saturated carbocycles. The first-order chi connectivity index (χ1) is 14.5. The number of para-hydroxylation sites is 1. The predicted molar refractivity (Wildman–Crippen MR) is 112 cm³/mol. The van der Waals surface area contributed by atoms with Crippen molar-refractivity contribution in [2.75, 3.05) is 5.32 Å². The van der Waals surface area contributed by atoms with Gasteiger partial charge in [0.25, 0.3) is 5.56 Å². The second-order valence-corrected chi connectivity index (χ2v) is 6.85. The molecule has 30 heavy (non-hydrogen) atoms. The zero-order valence-corrected chi connectivity index (χ0v) is 16.7. The number of anilines is 1. The monoisotopic (exact) mass is 403 g/mol. The summed E-state index contributed by atoms with van der Waals surface area (Å²) in [7, 11) is 1.78. The number of hydrogen-bond acceptors (Lipinski definition) is 5. The second kappa shape index (κ2) is 8.20. The molecule has 4 aromatic rings. The molecule has 0 aliphatic rings. The molecule has 2 aromatic carbocycles. The minimum absolute atomic E-state index is 0.121. The van der Waals surface area contributed by atoms with Crippen LogP contribution in [0.5, 0.6) is 0 Å². The van der Waals surface area contributed by atoms with Gasteiger partial charge in [0.15, 0.2) is 0 Å². The Hall–Kier alpha value is -3.94. The van der Waals surface area contributed by atoms with Gasteiger partial charge in [-0.1, -0.05) is 36.4 Å². The van der Waals surface area contributed by atoms with E-state index in [1.165, 1.54) is 4.68 Å².